The van der Waals surface area contributed by atoms with E-state index in [1.165, 1.54) is 24.3 Å². The molecule has 0 aliphatic rings. The van der Waals surface area contributed by atoms with E-state index in [2.05, 4.69) is 0 Å². The molecule has 0 atom stereocenters. The van der Waals surface area contributed by atoms with Crippen molar-refractivity contribution in [3.63, 3.8) is 0 Å². The van der Waals surface area contributed by atoms with Gasteiger partial charge in [-0.25, -0.2) is 12.3 Å². The van der Waals surface area contributed by atoms with Gasteiger partial charge in [0, 0.05) is 13.8 Å². The Kier molecular flexibility index (Phi) is 12.3. The Balaban J connectivity index is 0. The molecule has 1 rings (SSSR count). The van der Waals surface area contributed by atoms with E-state index in [0.717, 1.165) is 13.8 Å². The summed E-state index contributed by atoms with van der Waals surface area (Å²) in [6.07, 6.45) is 0. The molecule has 8 nitrogen and oxygen atoms in total. The Morgan fingerprint density at radius 1 is 0.800 bits per heavy atom. The first kappa shape index (κ1) is 21.1. The molecule has 0 aromatic heterocycles. The SMILES string of the molecule is CC(=O)O.CC(=O)O.O=I(=O)c1ccccc1I(=O)=O. The zero-order chi connectivity index (χ0) is 16.3. The molecule has 0 spiro atoms. The quantitative estimate of drug-likeness (QED) is 0.574. The second kappa shape index (κ2) is 11.6. The molecule has 2 N–H and O–H groups in total. The van der Waals surface area contributed by atoms with Crippen molar-refractivity contribution in [3.05, 3.63) is 31.4 Å². The monoisotopic (exact) mass is 514 g/mol. The minimum Gasteiger partial charge on any atom is -0.481 e. The Bertz CT molecular complexity index is 524. The molecule has 1 aromatic carbocycles. The van der Waals surface area contributed by atoms with Crippen LogP contribution in [0.3, 0.4) is 0 Å². The average molecular weight is 514 g/mol. The van der Waals surface area contributed by atoms with Crippen molar-refractivity contribution >= 4 is 51.5 Å². The smallest absolute Gasteiger partial charge is 0.342 e. The highest BCUT2D eigenvalue weighted by molar-refractivity contribution is 14.2. The third kappa shape index (κ3) is 13.3. The third-order valence-electron chi connectivity index (χ3n) is 1.16. The van der Waals surface area contributed by atoms with Gasteiger partial charge in [-0.3, -0.25) is 9.59 Å². The van der Waals surface area contributed by atoms with Crippen LogP contribution in [0.5, 0.6) is 0 Å². The minimum atomic E-state index is -3.65. The highest BCUT2D eigenvalue weighted by Crippen LogP contribution is 2.28. The summed E-state index contributed by atoms with van der Waals surface area (Å²) < 4.78 is 42.4. The predicted octanol–water partition coefficient (Wildman–Crippen LogP) is 2.60. The third-order valence-corrected chi connectivity index (χ3v) is 5.97. The maximum absolute atomic E-state index is 10.6. The molecule has 0 aliphatic carbocycles. The fourth-order valence-electron chi connectivity index (χ4n) is 0.690. The van der Waals surface area contributed by atoms with Gasteiger partial charge in [-0.15, -0.1) is 0 Å². The second-order valence-corrected chi connectivity index (χ2v) is 7.69. The summed E-state index contributed by atoms with van der Waals surface area (Å²) in [5.74, 6) is -1.67. The number of carboxylic acid groups (broad SMARTS) is 2. The normalized spacial score (nSPS) is 9.00. The van der Waals surface area contributed by atoms with E-state index in [9.17, 15) is 12.3 Å². The van der Waals surface area contributed by atoms with Crippen molar-refractivity contribution in [2.75, 3.05) is 0 Å². The van der Waals surface area contributed by atoms with Gasteiger partial charge in [-0.1, -0.05) is 12.1 Å². The van der Waals surface area contributed by atoms with Gasteiger partial charge in [0.2, 0.25) is 0 Å². The Hall–Kier alpha value is -1.18. The lowest BCUT2D eigenvalue weighted by Gasteiger charge is -1.89. The molecule has 1 aromatic rings. The topological polar surface area (TPSA) is 143 Å². The molecular weight excluding hydrogens is 502 g/mol. The first-order valence-corrected chi connectivity index (χ1v) is 10.4. The number of hydrogen-bond acceptors (Lipinski definition) is 6. The lowest BCUT2D eigenvalue weighted by Crippen LogP contribution is -1.79. The summed E-state index contributed by atoms with van der Waals surface area (Å²) in [6, 6.07) is 5.67. The van der Waals surface area contributed by atoms with Crippen molar-refractivity contribution in [2.24, 2.45) is 0 Å². The van der Waals surface area contributed by atoms with E-state index < -0.39 is 51.5 Å². The number of benzene rings is 1. The second-order valence-electron chi connectivity index (χ2n) is 2.89. The lowest BCUT2D eigenvalue weighted by molar-refractivity contribution is -0.135. The van der Waals surface area contributed by atoms with Crippen LogP contribution >= 0.6 is 39.6 Å². The predicted molar refractivity (Wildman–Crippen MR) is 81.2 cm³/mol. The van der Waals surface area contributed by atoms with E-state index in [-0.39, 0.29) is 7.14 Å². The molecule has 10 heteroatoms. The highest BCUT2D eigenvalue weighted by atomic mass is 127. The van der Waals surface area contributed by atoms with E-state index in [1.807, 2.05) is 0 Å². The van der Waals surface area contributed by atoms with Crippen LogP contribution in [-0.4, -0.2) is 22.2 Å². The van der Waals surface area contributed by atoms with Crippen LogP contribution in [0.4, 0.5) is 0 Å². The number of hydrogen-bond donors (Lipinski definition) is 2. The van der Waals surface area contributed by atoms with Crippen molar-refractivity contribution < 1.29 is 32.1 Å². The van der Waals surface area contributed by atoms with E-state index in [1.54, 1.807) is 0 Å². The molecule has 0 bridgehead atoms. The maximum atomic E-state index is 10.6. The summed E-state index contributed by atoms with van der Waals surface area (Å²) in [7, 11) is 0. The Morgan fingerprint density at radius 3 is 1.15 bits per heavy atom. The molecule has 0 fully saturated rings. The van der Waals surface area contributed by atoms with Crippen molar-refractivity contribution in [3.8, 4) is 0 Å². The average Bonchev–Trinajstić information content (AvgIpc) is 2.27. The zero-order valence-corrected chi connectivity index (χ0v) is 14.7. The molecule has 0 radical (unpaired) electrons. The number of carboxylic acids is 2. The number of rotatable bonds is 2. The van der Waals surface area contributed by atoms with Gasteiger partial charge in [0.1, 0.15) is 0 Å². The minimum absolute atomic E-state index is 0.0168. The summed E-state index contributed by atoms with van der Waals surface area (Å²) in [5.41, 5.74) is 0. The highest BCUT2D eigenvalue weighted by Gasteiger charge is 2.09. The molecule has 0 unspecified atom stereocenters. The van der Waals surface area contributed by atoms with E-state index in [4.69, 9.17) is 19.8 Å². The van der Waals surface area contributed by atoms with Crippen molar-refractivity contribution in [2.45, 2.75) is 13.8 Å². The molecular formula is C10H12I2O8. The lowest BCUT2D eigenvalue weighted by atomic mass is 10.4. The number of carbonyl (C=O) groups is 2. The fourth-order valence-corrected chi connectivity index (χ4v) is 5.13. The van der Waals surface area contributed by atoms with Crippen LogP contribution in [0.1, 0.15) is 13.8 Å². The van der Waals surface area contributed by atoms with Gasteiger partial charge < -0.3 is 10.2 Å². The first-order chi connectivity index (χ1) is 9.09. The summed E-state index contributed by atoms with van der Waals surface area (Å²) in [5, 5.41) is 14.8. The van der Waals surface area contributed by atoms with Gasteiger partial charge >= 0.3 is 39.6 Å². The van der Waals surface area contributed by atoms with Gasteiger partial charge in [0.05, 0.1) is 7.14 Å². The molecule has 20 heavy (non-hydrogen) atoms. The summed E-state index contributed by atoms with van der Waals surface area (Å²) in [4.78, 5) is 18.0. The molecule has 114 valence electrons. The van der Waals surface area contributed by atoms with Crippen LogP contribution in [0, 0.1) is 7.14 Å². The van der Waals surface area contributed by atoms with Crippen LogP contribution in [0.2, 0.25) is 0 Å². The molecule has 0 saturated heterocycles. The van der Waals surface area contributed by atoms with Crippen LogP contribution in [0.25, 0.3) is 0 Å². The first-order valence-electron chi connectivity index (χ1n) is 4.68. The fraction of sp³-hybridized carbons (Fsp3) is 0.200. The summed E-state index contributed by atoms with van der Waals surface area (Å²) in [6.45, 7) is 2.17. The van der Waals surface area contributed by atoms with E-state index in [0.29, 0.717) is 0 Å². The molecule has 0 aliphatic heterocycles. The van der Waals surface area contributed by atoms with Gasteiger partial charge in [-0.05, 0) is 12.1 Å². The summed E-state index contributed by atoms with van der Waals surface area (Å²) >= 11 is -7.29. The van der Waals surface area contributed by atoms with Gasteiger partial charge in [0.25, 0.3) is 11.9 Å². The Labute approximate surface area is 128 Å². The van der Waals surface area contributed by atoms with Crippen molar-refractivity contribution in [1.29, 1.82) is 0 Å². The maximum Gasteiger partial charge on any atom is 0.342 e. The van der Waals surface area contributed by atoms with Crippen LogP contribution < -0.4 is 0 Å². The standard InChI is InChI=1S/C6H4I2O4.2C2H4O2/c9-7(10)5-3-1-2-4-6(5)8(11)12;2*1-2(3)4/h1-4H;2*1H3,(H,3,4). The van der Waals surface area contributed by atoms with Crippen LogP contribution in [-0.2, 0) is 21.9 Å². The number of aliphatic carboxylic acids is 2. The molecule has 0 saturated carbocycles. The van der Waals surface area contributed by atoms with Gasteiger partial charge in [-0.2, -0.15) is 0 Å². The van der Waals surface area contributed by atoms with Crippen molar-refractivity contribution in [1.82, 2.24) is 0 Å². The van der Waals surface area contributed by atoms with Gasteiger partial charge in [0.15, 0.2) is 0 Å². The zero-order valence-electron chi connectivity index (χ0n) is 10.4. The van der Waals surface area contributed by atoms with Crippen LogP contribution in [0.15, 0.2) is 24.3 Å². The van der Waals surface area contributed by atoms with E-state index >= 15 is 0 Å². The largest absolute Gasteiger partial charge is 0.481 e. The molecule has 0 heterocycles. The molecule has 0 amide bonds. The number of halogens is 2. The Morgan fingerprint density at radius 2 is 1.00 bits per heavy atom.